The largest absolute Gasteiger partial charge is 0.341 e. The average Bonchev–Trinajstić information content (AvgIpc) is 2.64. The zero-order valence-electron chi connectivity index (χ0n) is 9.48. The summed E-state index contributed by atoms with van der Waals surface area (Å²) in [7, 11) is 2.08. The molecule has 2 unspecified atom stereocenters. The molecule has 0 saturated carbocycles. The molecule has 2 aliphatic heterocycles. The Morgan fingerprint density at radius 1 is 1.27 bits per heavy atom. The van der Waals surface area contributed by atoms with Crippen LogP contribution < -0.4 is 5.73 Å². The lowest BCUT2D eigenvalue weighted by Gasteiger charge is -2.32. The zero-order chi connectivity index (χ0) is 10.8. The van der Waals surface area contributed by atoms with Crippen molar-refractivity contribution in [3.05, 3.63) is 0 Å². The van der Waals surface area contributed by atoms with Gasteiger partial charge in [-0.2, -0.15) is 0 Å². The molecule has 2 saturated heterocycles. The zero-order valence-corrected chi connectivity index (χ0v) is 9.48. The summed E-state index contributed by atoms with van der Waals surface area (Å²) in [5.74, 6) is 0.551. The van der Waals surface area contributed by atoms with Crippen molar-refractivity contribution in [2.75, 3.05) is 33.2 Å². The van der Waals surface area contributed by atoms with Crippen LogP contribution in [0.15, 0.2) is 0 Å². The highest BCUT2D eigenvalue weighted by molar-refractivity contribution is 5.79. The third-order valence-electron chi connectivity index (χ3n) is 3.51. The van der Waals surface area contributed by atoms with E-state index in [1.165, 1.54) is 0 Å². The first-order chi connectivity index (χ1) is 7.16. The molecule has 2 fully saturated rings. The smallest absolute Gasteiger partial charge is 0.227 e. The van der Waals surface area contributed by atoms with Crippen LogP contribution in [-0.2, 0) is 4.79 Å². The predicted octanol–water partition coefficient (Wildman–Crippen LogP) is -0.112. The fourth-order valence-electron chi connectivity index (χ4n) is 2.60. The Bertz CT molecular complexity index is 244. The van der Waals surface area contributed by atoms with Crippen LogP contribution in [-0.4, -0.2) is 55.0 Å². The monoisotopic (exact) mass is 211 g/mol. The van der Waals surface area contributed by atoms with Crippen LogP contribution in [0.1, 0.15) is 19.3 Å². The minimum absolute atomic E-state index is 0.196. The standard InChI is InChI=1S/C11H21N3O/c1-13-6-4-9(7-13)11(15)14-5-2-3-10(12)8-14/h9-10H,2-8,12H2,1H3. The first-order valence-corrected chi connectivity index (χ1v) is 5.89. The molecule has 0 radical (unpaired) electrons. The Morgan fingerprint density at radius 2 is 2.07 bits per heavy atom. The maximum absolute atomic E-state index is 12.1. The quantitative estimate of drug-likeness (QED) is 0.658. The van der Waals surface area contributed by atoms with Gasteiger partial charge in [-0.15, -0.1) is 0 Å². The van der Waals surface area contributed by atoms with E-state index >= 15 is 0 Å². The van der Waals surface area contributed by atoms with Gasteiger partial charge in [-0.25, -0.2) is 0 Å². The summed E-state index contributed by atoms with van der Waals surface area (Å²) in [5, 5.41) is 0. The SMILES string of the molecule is CN1CCC(C(=O)N2CCCC(N)C2)C1. The highest BCUT2D eigenvalue weighted by Gasteiger charge is 2.31. The molecular formula is C11H21N3O. The van der Waals surface area contributed by atoms with Crippen molar-refractivity contribution in [1.82, 2.24) is 9.80 Å². The van der Waals surface area contributed by atoms with Crippen molar-refractivity contribution in [1.29, 1.82) is 0 Å². The number of hydrogen-bond acceptors (Lipinski definition) is 3. The van der Waals surface area contributed by atoms with E-state index in [2.05, 4.69) is 11.9 Å². The number of rotatable bonds is 1. The molecular weight excluding hydrogens is 190 g/mol. The molecule has 2 aliphatic rings. The topological polar surface area (TPSA) is 49.6 Å². The van der Waals surface area contributed by atoms with Gasteiger partial charge in [-0.1, -0.05) is 0 Å². The van der Waals surface area contributed by atoms with Gasteiger partial charge in [0, 0.05) is 25.7 Å². The van der Waals surface area contributed by atoms with Gasteiger partial charge in [0.2, 0.25) is 5.91 Å². The Morgan fingerprint density at radius 3 is 2.67 bits per heavy atom. The van der Waals surface area contributed by atoms with Gasteiger partial charge >= 0.3 is 0 Å². The van der Waals surface area contributed by atoms with Crippen molar-refractivity contribution < 1.29 is 4.79 Å². The molecule has 0 bridgehead atoms. The van der Waals surface area contributed by atoms with Crippen LogP contribution in [0.25, 0.3) is 0 Å². The van der Waals surface area contributed by atoms with Crippen molar-refractivity contribution in [3.8, 4) is 0 Å². The predicted molar refractivity (Wildman–Crippen MR) is 59.4 cm³/mol. The fourth-order valence-corrected chi connectivity index (χ4v) is 2.60. The molecule has 0 aromatic carbocycles. The third-order valence-corrected chi connectivity index (χ3v) is 3.51. The van der Waals surface area contributed by atoms with Gasteiger partial charge < -0.3 is 15.5 Å². The molecule has 86 valence electrons. The number of carbonyl (C=O) groups is 1. The van der Waals surface area contributed by atoms with Crippen LogP contribution in [0.4, 0.5) is 0 Å². The Balaban J connectivity index is 1.89. The second kappa shape index (κ2) is 4.49. The number of hydrogen-bond donors (Lipinski definition) is 1. The van der Waals surface area contributed by atoms with Gasteiger partial charge in [0.25, 0.3) is 0 Å². The molecule has 1 amide bonds. The van der Waals surface area contributed by atoms with Crippen LogP contribution >= 0.6 is 0 Å². The van der Waals surface area contributed by atoms with Crippen molar-refractivity contribution in [2.24, 2.45) is 11.7 Å². The van der Waals surface area contributed by atoms with Crippen LogP contribution in [0.5, 0.6) is 0 Å². The Kier molecular flexibility index (Phi) is 3.26. The van der Waals surface area contributed by atoms with Crippen LogP contribution in [0.3, 0.4) is 0 Å². The van der Waals surface area contributed by atoms with Crippen molar-refractivity contribution in [2.45, 2.75) is 25.3 Å². The molecule has 0 aromatic heterocycles. The summed E-state index contributed by atoms with van der Waals surface area (Å²) in [6, 6.07) is 0.196. The molecule has 2 N–H and O–H groups in total. The Hall–Kier alpha value is -0.610. The van der Waals surface area contributed by atoms with E-state index in [0.717, 1.165) is 45.4 Å². The number of piperidine rings is 1. The minimum atomic E-state index is 0.196. The fraction of sp³-hybridized carbons (Fsp3) is 0.909. The lowest BCUT2D eigenvalue weighted by Crippen LogP contribution is -2.48. The van der Waals surface area contributed by atoms with Gasteiger partial charge in [0.05, 0.1) is 5.92 Å². The van der Waals surface area contributed by atoms with Crippen LogP contribution in [0.2, 0.25) is 0 Å². The lowest BCUT2D eigenvalue weighted by molar-refractivity contribution is -0.136. The highest BCUT2D eigenvalue weighted by atomic mass is 16.2. The highest BCUT2D eigenvalue weighted by Crippen LogP contribution is 2.19. The molecule has 4 heteroatoms. The summed E-state index contributed by atoms with van der Waals surface area (Å²) >= 11 is 0. The molecule has 0 aliphatic carbocycles. The first kappa shape index (κ1) is 10.9. The summed E-state index contributed by atoms with van der Waals surface area (Å²) in [6.45, 7) is 3.65. The maximum Gasteiger partial charge on any atom is 0.227 e. The minimum Gasteiger partial charge on any atom is -0.341 e. The van der Waals surface area contributed by atoms with Crippen molar-refractivity contribution >= 4 is 5.91 Å². The second-order valence-corrected chi connectivity index (χ2v) is 4.93. The molecule has 2 atom stereocenters. The number of amides is 1. The molecule has 0 aromatic rings. The van der Waals surface area contributed by atoms with Gasteiger partial charge in [0.15, 0.2) is 0 Å². The number of likely N-dealkylation sites (tertiary alicyclic amines) is 2. The summed E-state index contributed by atoms with van der Waals surface area (Å²) < 4.78 is 0. The Labute approximate surface area is 91.4 Å². The normalized spacial score (nSPS) is 33.3. The number of carbonyl (C=O) groups excluding carboxylic acids is 1. The van der Waals surface area contributed by atoms with E-state index in [1.54, 1.807) is 0 Å². The number of nitrogens with zero attached hydrogens (tertiary/aromatic N) is 2. The van der Waals surface area contributed by atoms with Crippen LogP contribution in [0, 0.1) is 5.92 Å². The summed E-state index contributed by atoms with van der Waals surface area (Å²) in [6.07, 6.45) is 3.14. The molecule has 15 heavy (non-hydrogen) atoms. The van der Waals surface area contributed by atoms with Gasteiger partial charge in [0.1, 0.15) is 0 Å². The molecule has 4 nitrogen and oxygen atoms in total. The van der Waals surface area contributed by atoms with E-state index in [0.29, 0.717) is 5.91 Å². The summed E-state index contributed by atoms with van der Waals surface area (Å²) in [5.41, 5.74) is 5.88. The van der Waals surface area contributed by atoms with Gasteiger partial charge in [-0.3, -0.25) is 4.79 Å². The van der Waals surface area contributed by atoms with E-state index in [4.69, 9.17) is 5.73 Å². The number of nitrogens with two attached hydrogens (primary N) is 1. The van der Waals surface area contributed by atoms with E-state index in [9.17, 15) is 4.79 Å². The maximum atomic E-state index is 12.1. The van der Waals surface area contributed by atoms with Crippen molar-refractivity contribution in [3.63, 3.8) is 0 Å². The van der Waals surface area contributed by atoms with E-state index in [1.807, 2.05) is 4.90 Å². The lowest BCUT2D eigenvalue weighted by atomic mass is 10.0. The first-order valence-electron chi connectivity index (χ1n) is 5.89. The third kappa shape index (κ3) is 2.49. The summed E-state index contributed by atoms with van der Waals surface area (Å²) in [4.78, 5) is 16.3. The van der Waals surface area contributed by atoms with E-state index < -0.39 is 0 Å². The van der Waals surface area contributed by atoms with E-state index in [-0.39, 0.29) is 12.0 Å². The molecule has 2 rings (SSSR count). The second-order valence-electron chi connectivity index (χ2n) is 4.93. The molecule has 0 spiro atoms. The average molecular weight is 211 g/mol. The van der Waals surface area contributed by atoms with Gasteiger partial charge in [-0.05, 0) is 32.9 Å². The molecule has 2 heterocycles.